The van der Waals surface area contributed by atoms with E-state index >= 15 is 0 Å². The van der Waals surface area contributed by atoms with Crippen LogP contribution in [-0.2, 0) is 16.1 Å². The zero-order chi connectivity index (χ0) is 18.2. The molecule has 6 nitrogen and oxygen atoms in total. The third kappa shape index (κ3) is 5.17. The van der Waals surface area contributed by atoms with Gasteiger partial charge in [0.15, 0.2) is 0 Å². The standard InChI is InChI=1S/C19H20N2O4/c20-18(24)16(11-12-17(22)23)21(13-14-7-3-1-4-8-14)19(25)15-9-5-2-6-10-15/h1-10,16H,11-13H2,(H2,20,24)(H,22,23). The van der Waals surface area contributed by atoms with Gasteiger partial charge >= 0.3 is 5.97 Å². The van der Waals surface area contributed by atoms with Crippen LogP contribution >= 0.6 is 0 Å². The summed E-state index contributed by atoms with van der Waals surface area (Å²) in [6, 6.07) is 16.7. The summed E-state index contributed by atoms with van der Waals surface area (Å²) in [5.41, 5.74) is 6.71. The van der Waals surface area contributed by atoms with Gasteiger partial charge in [-0.15, -0.1) is 0 Å². The Morgan fingerprint density at radius 3 is 2.04 bits per heavy atom. The van der Waals surface area contributed by atoms with Gasteiger partial charge in [-0.3, -0.25) is 14.4 Å². The molecule has 0 saturated heterocycles. The second kappa shape index (κ2) is 8.63. The number of benzene rings is 2. The minimum Gasteiger partial charge on any atom is -0.481 e. The molecule has 0 aliphatic heterocycles. The Labute approximate surface area is 145 Å². The lowest BCUT2D eigenvalue weighted by atomic mass is 10.1. The van der Waals surface area contributed by atoms with Crippen molar-refractivity contribution in [1.82, 2.24) is 4.90 Å². The number of carboxylic acids is 1. The lowest BCUT2D eigenvalue weighted by molar-refractivity contribution is -0.137. The third-order valence-electron chi connectivity index (χ3n) is 3.81. The van der Waals surface area contributed by atoms with Crippen molar-refractivity contribution in [1.29, 1.82) is 0 Å². The first-order chi connectivity index (χ1) is 12.0. The topological polar surface area (TPSA) is 101 Å². The fourth-order valence-electron chi connectivity index (χ4n) is 2.56. The minimum absolute atomic E-state index is 0.0317. The molecule has 2 aromatic rings. The second-order valence-electron chi connectivity index (χ2n) is 5.64. The van der Waals surface area contributed by atoms with E-state index in [4.69, 9.17) is 10.8 Å². The van der Waals surface area contributed by atoms with E-state index in [1.165, 1.54) is 4.90 Å². The minimum atomic E-state index is -1.04. The van der Waals surface area contributed by atoms with Crippen LogP contribution in [0.4, 0.5) is 0 Å². The van der Waals surface area contributed by atoms with Crippen molar-refractivity contribution in [3.63, 3.8) is 0 Å². The largest absolute Gasteiger partial charge is 0.481 e. The van der Waals surface area contributed by atoms with Crippen molar-refractivity contribution in [2.45, 2.75) is 25.4 Å². The number of carboxylic acid groups (broad SMARTS) is 1. The SMILES string of the molecule is NC(=O)C(CCC(=O)O)N(Cc1ccccc1)C(=O)c1ccccc1. The lowest BCUT2D eigenvalue weighted by Crippen LogP contribution is -2.47. The number of nitrogens with two attached hydrogens (primary N) is 1. The van der Waals surface area contributed by atoms with Gasteiger partial charge in [0.05, 0.1) is 0 Å². The molecular formula is C19H20N2O4. The molecular weight excluding hydrogens is 320 g/mol. The molecule has 0 spiro atoms. The fourth-order valence-corrected chi connectivity index (χ4v) is 2.56. The highest BCUT2D eigenvalue weighted by atomic mass is 16.4. The summed E-state index contributed by atoms with van der Waals surface area (Å²) in [7, 11) is 0. The molecule has 130 valence electrons. The Morgan fingerprint density at radius 2 is 1.52 bits per heavy atom. The van der Waals surface area contributed by atoms with E-state index in [1.54, 1.807) is 30.3 Å². The summed E-state index contributed by atoms with van der Waals surface area (Å²) in [5.74, 6) is -2.13. The Hall–Kier alpha value is -3.15. The molecule has 3 N–H and O–H groups in total. The molecule has 0 aliphatic rings. The normalized spacial score (nSPS) is 11.5. The summed E-state index contributed by atoms with van der Waals surface area (Å²) in [6.07, 6.45) is -0.281. The monoisotopic (exact) mass is 340 g/mol. The number of carbonyl (C=O) groups excluding carboxylic acids is 2. The average Bonchev–Trinajstić information content (AvgIpc) is 2.61. The van der Waals surface area contributed by atoms with Crippen LogP contribution in [0.25, 0.3) is 0 Å². The van der Waals surface area contributed by atoms with Gasteiger partial charge in [0, 0.05) is 18.5 Å². The third-order valence-corrected chi connectivity index (χ3v) is 3.81. The number of primary amides is 1. The average molecular weight is 340 g/mol. The quantitative estimate of drug-likeness (QED) is 0.768. The number of amides is 2. The highest BCUT2D eigenvalue weighted by Crippen LogP contribution is 2.17. The second-order valence-corrected chi connectivity index (χ2v) is 5.64. The van der Waals surface area contributed by atoms with Crippen molar-refractivity contribution in [3.05, 3.63) is 71.8 Å². The summed E-state index contributed by atoms with van der Waals surface area (Å²) >= 11 is 0. The van der Waals surface area contributed by atoms with Gasteiger partial charge in [-0.2, -0.15) is 0 Å². The Balaban J connectivity index is 2.33. The van der Waals surface area contributed by atoms with Crippen LogP contribution < -0.4 is 5.73 Å². The number of hydrogen-bond acceptors (Lipinski definition) is 3. The molecule has 2 aromatic carbocycles. The summed E-state index contributed by atoms with van der Waals surface area (Å²) in [6.45, 7) is 0.168. The van der Waals surface area contributed by atoms with Gasteiger partial charge in [0.25, 0.3) is 5.91 Å². The number of aliphatic carboxylic acids is 1. The van der Waals surface area contributed by atoms with Gasteiger partial charge in [-0.25, -0.2) is 0 Å². The number of nitrogens with zero attached hydrogens (tertiary/aromatic N) is 1. The van der Waals surface area contributed by atoms with Crippen molar-refractivity contribution >= 4 is 17.8 Å². The van der Waals surface area contributed by atoms with Crippen LogP contribution in [0, 0.1) is 0 Å². The van der Waals surface area contributed by atoms with Crippen molar-refractivity contribution in [3.8, 4) is 0 Å². The molecule has 6 heteroatoms. The predicted octanol–water partition coefficient (Wildman–Crippen LogP) is 2.05. The first-order valence-electron chi connectivity index (χ1n) is 7.90. The van der Waals surface area contributed by atoms with Crippen molar-refractivity contribution < 1.29 is 19.5 Å². The molecule has 1 atom stereocenters. The van der Waals surface area contributed by atoms with Crippen LogP contribution in [-0.4, -0.2) is 33.8 Å². The van der Waals surface area contributed by atoms with E-state index in [9.17, 15) is 14.4 Å². The van der Waals surface area contributed by atoms with Crippen LogP contribution in [0.2, 0.25) is 0 Å². The summed E-state index contributed by atoms with van der Waals surface area (Å²) in [5, 5.41) is 8.92. The number of carbonyl (C=O) groups is 3. The Morgan fingerprint density at radius 1 is 0.960 bits per heavy atom. The van der Waals surface area contributed by atoms with E-state index < -0.39 is 17.9 Å². The van der Waals surface area contributed by atoms with Gasteiger partial charge in [0.1, 0.15) is 6.04 Å². The molecule has 0 fully saturated rings. The van der Waals surface area contributed by atoms with Gasteiger partial charge in [-0.1, -0.05) is 48.5 Å². The van der Waals surface area contributed by atoms with Crippen LogP contribution in [0.5, 0.6) is 0 Å². The molecule has 25 heavy (non-hydrogen) atoms. The van der Waals surface area contributed by atoms with Crippen LogP contribution in [0.1, 0.15) is 28.8 Å². The molecule has 2 amide bonds. The van der Waals surface area contributed by atoms with Crippen LogP contribution in [0.15, 0.2) is 60.7 Å². The zero-order valence-electron chi connectivity index (χ0n) is 13.7. The van der Waals surface area contributed by atoms with Gasteiger partial charge in [0.2, 0.25) is 5.91 Å². The molecule has 0 heterocycles. The Bertz CT molecular complexity index is 732. The first kappa shape index (κ1) is 18.2. The molecule has 0 aromatic heterocycles. The van der Waals surface area contributed by atoms with Crippen molar-refractivity contribution in [2.75, 3.05) is 0 Å². The lowest BCUT2D eigenvalue weighted by Gasteiger charge is -2.30. The van der Waals surface area contributed by atoms with E-state index in [0.29, 0.717) is 5.56 Å². The molecule has 2 rings (SSSR count). The predicted molar refractivity (Wildman–Crippen MR) is 92.6 cm³/mol. The molecule has 0 aliphatic carbocycles. The van der Waals surface area contributed by atoms with Crippen molar-refractivity contribution in [2.24, 2.45) is 5.73 Å². The maximum atomic E-state index is 12.9. The summed E-state index contributed by atoms with van der Waals surface area (Å²) < 4.78 is 0. The molecule has 0 saturated carbocycles. The summed E-state index contributed by atoms with van der Waals surface area (Å²) in [4.78, 5) is 37.1. The molecule has 0 radical (unpaired) electrons. The Kier molecular flexibility index (Phi) is 6.28. The smallest absolute Gasteiger partial charge is 0.303 e. The van der Waals surface area contributed by atoms with E-state index in [0.717, 1.165) is 5.56 Å². The number of rotatable bonds is 8. The zero-order valence-corrected chi connectivity index (χ0v) is 13.7. The molecule has 1 unspecified atom stereocenters. The maximum absolute atomic E-state index is 12.9. The van der Waals surface area contributed by atoms with Gasteiger partial charge in [-0.05, 0) is 24.1 Å². The van der Waals surface area contributed by atoms with E-state index in [-0.39, 0.29) is 25.3 Å². The van der Waals surface area contributed by atoms with E-state index in [2.05, 4.69) is 0 Å². The number of hydrogen-bond donors (Lipinski definition) is 2. The van der Waals surface area contributed by atoms with Crippen LogP contribution in [0.3, 0.4) is 0 Å². The highest BCUT2D eigenvalue weighted by Gasteiger charge is 2.29. The first-order valence-corrected chi connectivity index (χ1v) is 7.90. The fraction of sp³-hybridized carbons (Fsp3) is 0.211. The maximum Gasteiger partial charge on any atom is 0.303 e. The van der Waals surface area contributed by atoms with Gasteiger partial charge < -0.3 is 15.7 Å². The van der Waals surface area contributed by atoms with E-state index in [1.807, 2.05) is 30.3 Å². The highest BCUT2D eigenvalue weighted by molar-refractivity contribution is 5.97. The molecule has 0 bridgehead atoms.